The van der Waals surface area contributed by atoms with E-state index >= 15 is 0 Å². The molecule has 198 valence electrons. The van der Waals surface area contributed by atoms with Crippen LogP contribution in [0.5, 0.6) is 0 Å². The van der Waals surface area contributed by atoms with E-state index in [4.69, 9.17) is 14.7 Å². The van der Waals surface area contributed by atoms with Crippen molar-refractivity contribution in [3.05, 3.63) is 47.6 Å². The minimum Gasteiger partial charge on any atom is -0.378 e. The van der Waals surface area contributed by atoms with Crippen molar-refractivity contribution >= 4 is 48.1 Å². The Kier molecular flexibility index (Phi) is 5.91. The number of thiophene rings is 1. The molecule has 6 heterocycles. The van der Waals surface area contributed by atoms with E-state index in [-0.39, 0.29) is 4.90 Å². The first-order valence-electron chi connectivity index (χ1n) is 13.0. The maximum Gasteiger partial charge on any atom is 0.175 e. The van der Waals surface area contributed by atoms with Crippen molar-refractivity contribution in [2.45, 2.75) is 23.9 Å². The molecule has 1 aromatic carbocycles. The number of hydrogen-bond donors (Lipinski definition) is 1. The lowest BCUT2D eigenvalue weighted by Gasteiger charge is -2.38. The molecule has 0 amide bonds. The highest BCUT2D eigenvalue weighted by atomic mass is 32.2. The van der Waals surface area contributed by atoms with E-state index in [9.17, 15) is 8.42 Å². The molecule has 3 aliphatic heterocycles. The monoisotopic (exact) mass is 550 g/mol. The second-order valence-electron chi connectivity index (χ2n) is 10.3. The zero-order valence-electron chi connectivity index (χ0n) is 21.3. The highest BCUT2D eigenvalue weighted by molar-refractivity contribution is 7.90. The van der Waals surface area contributed by atoms with Gasteiger partial charge in [0, 0.05) is 79.1 Å². The smallest absolute Gasteiger partial charge is 0.175 e. The van der Waals surface area contributed by atoms with Crippen LogP contribution in [0.3, 0.4) is 0 Å². The third-order valence-electron chi connectivity index (χ3n) is 7.72. The van der Waals surface area contributed by atoms with Gasteiger partial charge in [0.05, 0.1) is 28.3 Å². The largest absolute Gasteiger partial charge is 0.378 e. The molecular weight excluding hydrogens is 520 g/mol. The molecule has 0 aliphatic carbocycles. The van der Waals surface area contributed by atoms with E-state index in [0.717, 1.165) is 78.2 Å². The second kappa shape index (κ2) is 9.33. The summed E-state index contributed by atoms with van der Waals surface area (Å²) in [6, 6.07) is 8.12. The van der Waals surface area contributed by atoms with Crippen LogP contribution in [0.4, 0.5) is 5.82 Å². The van der Waals surface area contributed by atoms with Crippen molar-refractivity contribution < 1.29 is 13.2 Å². The molecule has 3 aromatic heterocycles. The molecule has 0 saturated carbocycles. The summed E-state index contributed by atoms with van der Waals surface area (Å²) < 4.78 is 31.7. The summed E-state index contributed by atoms with van der Waals surface area (Å²) in [5.41, 5.74) is 2.38. The molecular formula is C27H30N6O3S2. The number of anilines is 1. The molecule has 1 atom stereocenters. The summed E-state index contributed by atoms with van der Waals surface area (Å²) in [4.78, 5) is 22.1. The number of fused-ring (bicyclic) bond motifs is 3. The van der Waals surface area contributed by atoms with Crippen LogP contribution in [0.15, 0.2) is 47.6 Å². The average Bonchev–Trinajstić information content (AvgIpc) is 3.66. The van der Waals surface area contributed by atoms with Crippen LogP contribution in [0, 0.1) is 0 Å². The van der Waals surface area contributed by atoms with Crippen molar-refractivity contribution in [1.82, 2.24) is 24.8 Å². The van der Waals surface area contributed by atoms with E-state index < -0.39 is 9.84 Å². The molecule has 11 heteroatoms. The Morgan fingerprint density at radius 3 is 2.84 bits per heavy atom. The number of benzene rings is 1. The summed E-state index contributed by atoms with van der Waals surface area (Å²) in [5.74, 6) is 1.45. The van der Waals surface area contributed by atoms with Gasteiger partial charge in [0.2, 0.25) is 0 Å². The van der Waals surface area contributed by atoms with Gasteiger partial charge in [-0.1, -0.05) is 6.08 Å². The number of sulfone groups is 1. The van der Waals surface area contributed by atoms with Gasteiger partial charge in [-0.15, -0.1) is 11.3 Å². The van der Waals surface area contributed by atoms with Gasteiger partial charge >= 0.3 is 0 Å². The van der Waals surface area contributed by atoms with Gasteiger partial charge in [0.1, 0.15) is 0 Å². The number of aromatic amines is 1. The van der Waals surface area contributed by atoms with Crippen LogP contribution in [0.2, 0.25) is 0 Å². The third-order valence-corrected chi connectivity index (χ3v) is 9.92. The Bertz CT molecular complexity index is 1650. The van der Waals surface area contributed by atoms with Crippen molar-refractivity contribution in [1.29, 1.82) is 0 Å². The molecule has 0 unspecified atom stereocenters. The zero-order valence-corrected chi connectivity index (χ0v) is 22.9. The van der Waals surface area contributed by atoms with Crippen LogP contribution in [0.1, 0.15) is 11.3 Å². The summed E-state index contributed by atoms with van der Waals surface area (Å²) in [7, 11) is -3.41. The molecule has 2 saturated heterocycles. The number of nitrogens with zero attached hydrogens (tertiary/aromatic N) is 5. The van der Waals surface area contributed by atoms with Gasteiger partial charge in [0.25, 0.3) is 0 Å². The summed E-state index contributed by atoms with van der Waals surface area (Å²) in [6.07, 6.45) is 8.70. The van der Waals surface area contributed by atoms with E-state index in [1.54, 1.807) is 23.5 Å². The van der Waals surface area contributed by atoms with Gasteiger partial charge in [-0.25, -0.2) is 18.4 Å². The topological polar surface area (TPSA) is 94.7 Å². The molecule has 4 aromatic rings. The molecule has 7 rings (SSSR count). The van der Waals surface area contributed by atoms with Crippen molar-refractivity contribution in [3.63, 3.8) is 0 Å². The minimum absolute atomic E-state index is 0.255. The second-order valence-corrected chi connectivity index (χ2v) is 13.5. The number of rotatable bonds is 5. The lowest BCUT2D eigenvalue weighted by atomic mass is 10.1. The number of hydrogen-bond acceptors (Lipinski definition) is 9. The van der Waals surface area contributed by atoms with Crippen LogP contribution in [-0.2, 0) is 21.1 Å². The maximum atomic E-state index is 12.5. The predicted molar refractivity (Wildman–Crippen MR) is 150 cm³/mol. The Hall–Kier alpha value is -2.99. The molecule has 0 bridgehead atoms. The fourth-order valence-corrected chi connectivity index (χ4v) is 7.57. The number of nitrogens with one attached hydrogen (secondary N) is 1. The first-order chi connectivity index (χ1) is 18.4. The van der Waals surface area contributed by atoms with Gasteiger partial charge in [-0.3, -0.25) is 4.90 Å². The molecule has 9 nitrogen and oxygen atoms in total. The van der Waals surface area contributed by atoms with Gasteiger partial charge in [0.15, 0.2) is 21.5 Å². The molecule has 3 aliphatic rings. The highest BCUT2D eigenvalue weighted by Gasteiger charge is 2.28. The van der Waals surface area contributed by atoms with Crippen LogP contribution in [-0.4, -0.2) is 91.4 Å². The van der Waals surface area contributed by atoms with Crippen molar-refractivity contribution in [2.75, 3.05) is 57.1 Å². The fourth-order valence-electron chi connectivity index (χ4n) is 5.75. The molecule has 0 radical (unpaired) electrons. The Morgan fingerprint density at radius 2 is 2.00 bits per heavy atom. The minimum atomic E-state index is -3.41. The van der Waals surface area contributed by atoms with E-state index in [0.29, 0.717) is 25.1 Å². The number of aromatic nitrogens is 3. The number of H-pyrrole nitrogens is 1. The lowest BCUT2D eigenvalue weighted by molar-refractivity contribution is 0.118. The third kappa shape index (κ3) is 4.37. The molecule has 2 fully saturated rings. The van der Waals surface area contributed by atoms with Gasteiger partial charge in [-0.2, -0.15) is 0 Å². The normalized spacial score (nSPS) is 20.6. The van der Waals surface area contributed by atoms with Crippen molar-refractivity contribution in [2.24, 2.45) is 0 Å². The number of piperazine rings is 1. The maximum absolute atomic E-state index is 12.5. The number of morpholine rings is 1. The lowest BCUT2D eigenvalue weighted by Crippen LogP contribution is -2.48. The first-order valence-corrected chi connectivity index (χ1v) is 15.7. The predicted octanol–water partition coefficient (Wildman–Crippen LogP) is 3.48. The zero-order chi connectivity index (χ0) is 25.9. The SMILES string of the molecule is CS(=O)(=O)c1cc(-c2nc(N3CCOCC3)c3sc(CN4CCN5C=CC[C@@H]5C4)cc3n2)c2cc[nH]c2c1. The quantitative estimate of drug-likeness (QED) is 0.404. The highest BCUT2D eigenvalue weighted by Crippen LogP contribution is 2.37. The summed E-state index contributed by atoms with van der Waals surface area (Å²) >= 11 is 1.77. The van der Waals surface area contributed by atoms with E-state index in [1.807, 2.05) is 12.3 Å². The Morgan fingerprint density at radius 1 is 1.13 bits per heavy atom. The summed E-state index contributed by atoms with van der Waals surface area (Å²) in [5, 5.41) is 0.906. The Balaban J connectivity index is 1.32. The van der Waals surface area contributed by atoms with E-state index in [2.05, 4.69) is 38.0 Å². The standard InChI is InChI=1S/C27H30N6O3S2/c1-38(34,35)20-14-22(21-4-5-28-23(21)15-20)26-29-24-13-19(17-31-7-8-32-6-2-3-18(32)16-31)37-25(24)27(30-26)33-9-11-36-12-10-33/h2,4-6,13-15,18,28H,3,7-12,16-17H2,1H3/t18-/m1/s1. The van der Waals surface area contributed by atoms with Crippen LogP contribution < -0.4 is 4.90 Å². The first kappa shape index (κ1) is 24.1. The van der Waals surface area contributed by atoms with Gasteiger partial charge in [-0.05, 0) is 36.9 Å². The van der Waals surface area contributed by atoms with Crippen LogP contribution >= 0.6 is 11.3 Å². The molecule has 1 N–H and O–H groups in total. The Labute approximate surface area is 225 Å². The van der Waals surface area contributed by atoms with Crippen LogP contribution in [0.25, 0.3) is 32.5 Å². The molecule has 38 heavy (non-hydrogen) atoms. The number of ether oxygens (including phenoxy) is 1. The van der Waals surface area contributed by atoms with Crippen molar-refractivity contribution in [3.8, 4) is 11.4 Å². The van der Waals surface area contributed by atoms with Gasteiger partial charge < -0.3 is 19.5 Å². The summed E-state index contributed by atoms with van der Waals surface area (Å²) in [6.45, 7) is 6.92. The fraction of sp³-hybridized carbons (Fsp3) is 0.407. The van der Waals surface area contributed by atoms with E-state index in [1.165, 1.54) is 11.1 Å². The molecule has 0 spiro atoms. The average molecular weight is 551 g/mol.